The highest BCUT2D eigenvalue weighted by Gasteiger charge is 2.66. The lowest BCUT2D eigenvalue weighted by atomic mass is 9.77. The summed E-state index contributed by atoms with van der Waals surface area (Å²) in [5.74, 6) is -2.25. The van der Waals surface area contributed by atoms with E-state index >= 15 is 0 Å². The van der Waals surface area contributed by atoms with E-state index in [1.807, 2.05) is 17.1 Å². The third-order valence-electron chi connectivity index (χ3n) is 5.96. The summed E-state index contributed by atoms with van der Waals surface area (Å²) in [6.07, 6.45) is 4.21. The minimum absolute atomic E-state index is 0.0485. The second-order valence-electron chi connectivity index (χ2n) is 7.50. The Balaban J connectivity index is 1.34. The summed E-state index contributed by atoms with van der Waals surface area (Å²) in [6.45, 7) is 6.49. The molecule has 4 aliphatic heterocycles. The number of rotatable bonds is 5. The maximum absolute atomic E-state index is 12.7. The standard InChI is InChI=1S/C17H25N3O4/c1-18-7-9-19(10-8-18)5-2-6-20-11-17-4-3-12(24-17)13(16(22)23)14(17)15(20)21/h3-4,12-14H,2,5-11H2,1H3,(H,22,23). The number of piperazine rings is 1. The molecule has 7 nitrogen and oxygen atoms in total. The fraction of sp³-hybridized carbons (Fsp3) is 0.765. The zero-order valence-electron chi connectivity index (χ0n) is 14.1. The Morgan fingerprint density at radius 3 is 2.79 bits per heavy atom. The van der Waals surface area contributed by atoms with E-state index in [2.05, 4.69) is 16.8 Å². The van der Waals surface area contributed by atoms with Crippen LogP contribution in [0.15, 0.2) is 12.2 Å². The number of likely N-dealkylation sites (N-methyl/N-ethyl adjacent to an activating group) is 1. The van der Waals surface area contributed by atoms with Gasteiger partial charge in [-0.05, 0) is 20.0 Å². The van der Waals surface area contributed by atoms with Gasteiger partial charge in [0.1, 0.15) is 11.5 Å². The number of hydrogen-bond acceptors (Lipinski definition) is 5. The molecule has 3 saturated heterocycles. The lowest BCUT2D eigenvalue weighted by molar-refractivity contribution is -0.148. The number of carboxylic acid groups (broad SMARTS) is 1. The molecule has 1 N–H and O–H groups in total. The molecule has 1 spiro atoms. The fourth-order valence-electron chi connectivity index (χ4n) is 4.61. The Morgan fingerprint density at radius 2 is 2.08 bits per heavy atom. The van der Waals surface area contributed by atoms with Crippen molar-refractivity contribution in [1.29, 1.82) is 0 Å². The maximum atomic E-state index is 12.7. The van der Waals surface area contributed by atoms with E-state index in [1.165, 1.54) is 0 Å². The Kier molecular flexibility index (Phi) is 3.89. The van der Waals surface area contributed by atoms with Gasteiger partial charge in [0.05, 0.1) is 18.6 Å². The van der Waals surface area contributed by atoms with E-state index in [1.54, 1.807) is 0 Å². The third-order valence-corrected chi connectivity index (χ3v) is 5.96. The van der Waals surface area contributed by atoms with Gasteiger partial charge in [-0.1, -0.05) is 12.2 Å². The Bertz CT molecular complexity index is 572. The molecule has 0 aromatic rings. The zero-order chi connectivity index (χ0) is 16.9. The highest BCUT2D eigenvalue weighted by molar-refractivity contribution is 5.90. The van der Waals surface area contributed by atoms with Crippen molar-refractivity contribution >= 4 is 11.9 Å². The van der Waals surface area contributed by atoms with E-state index in [0.717, 1.165) is 39.1 Å². The first-order valence-corrected chi connectivity index (χ1v) is 8.80. The van der Waals surface area contributed by atoms with Crippen molar-refractivity contribution in [3.05, 3.63) is 12.2 Å². The van der Waals surface area contributed by atoms with Gasteiger partial charge in [0.2, 0.25) is 5.91 Å². The second-order valence-corrected chi connectivity index (χ2v) is 7.50. The molecule has 0 aromatic carbocycles. The van der Waals surface area contributed by atoms with Gasteiger partial charge in [0.25, 0.3) is 0 Å². The average Bonchev–Trinajstić information content (AvgIpc) is 3.18. The van der Waals surface area contributed by atoms with Crippen LogP contribution in [0.2, 0.25) is 0 Å². The van der Waals surface area contributed by atoms with Crippen LogP contribution in [0.4, 0.5) is 0 Å². The normalized spacial score (nSPS) is 39.0. The van der Waals surface area contributed by atoms with E-state index in [0.29, 0.717) is 13.1 Å². The minimum Gasteiger partial charge on any atom is -0.481 e. The summed E-state index contributed by atoms with van der Waals surface area (Å²) in [6, 6.07) is 0. The molecule has 0 saturated carbocycles. The summed E-state index contributed by atoms with van der Waals surface area (Å²) in [4.78, 5) is 30.8. The van der Waals surface area contributed by atoms with Crippen LogP contribution in [0.1, 0.15) is 6.42 Å². The number of fused-ring (bicyclic) bond motifs is 1. The Hall–Kier alpha value is -1.44. The number of aliphatic carboxylic acids is 1. The predicted molar refractivity (Wildman–Crippen MR) is 86.5 cm³/mol. The number of nitrogens with zero attached hydrogens (tertiary/aromatic N) is 3. The number of carbonyl (C=O) groups is 2. The molecule has 2 bridgehead atoms. The van der Waals surface area contributed by atoms with Crippen molar-refractivity contribution in [2.75, 3.05) is 52.9 Å². The molecule has 3 fully saturated rings. The summed E-state index contributed by atoms with van der Waals surface area (Å²) in [5, 5.41) is 9.46. The number of carbonyl (C=O) groups excluding carboxylic acids is 1. The van der Waals surface area contributed by atoms with Crippen LogP contribution in [-0.4, -0.2) is 96.2 Å². The summed E-state index contributed by atoms with van der Waals surface area (Å²) in [5.41, 5.74) is -0.696. The van der Waals surface area contributed by atoms with Gasteiger partial charge < -0.3 is 24.5 Å². The first-order valence-electron chi connectivity index (χ1n) is 8.80. The van der Waals surface area contributed by atoms with Crippen molar-refractivity contribution in [1.82, 2.24) is 14.7 Å². The Labute approximate surface area is 141 Å². The molecular formula is C17H25N3O4. The maximum Gasteiger partial charge on any atom is 0.310 e. The third kappa shape index (κ3) is 2.46. The van der Waals surface area contributed by atoms with Crippen molar-refractivity contribution < 1.29 is 19.4 Å². The predicted octanol–water partition coefficient (Wildman–Crippen LogP) is -0.509. The van der Waals surface area contributed by atoms with Crippen LogP contribution in [0.25, 0.3) is 0 Å². The van der Waals surface area contributed by atoms with Crippen LogP contribution in [0.3, 0.4) is 0 Å². The van der Waals surface area contributed by atoms with Crippen LogP contribution in [-0.2, 0) is 14.3 Å². The Morgan fingerprint density at radius 1 is 1.33 bits per heavy atom. The van der Waals surface area contributed by atoms with E-state index < -0.39 is 29.5 Å². The number of carboxylic acids is 1. The molecule has 4 unspecified atom stereocenters. The highest BCUT2D eigenvalue weighted by Crippen LogP contribution is 2.51. The molecule has 24 heavy (non-hydrogen) atoms. The van der Waals surface area contributed by atoms with Crippen LogP contribution in [0.5, 0.6) is 0 Å². The van der Waals surface area contributed by atoms with Crippen molar-refractivity contribution in [3.63, 3.8) is 0 Å². The molecule has 1 amide bonds. The molecule has 4 aliphatic rings. The average molecular weight is 335 g/mol. The van der Waals surface area contributed by atoms with Crippen LogP contribution < -0.4 is 0 Å². The number of ether oxygens (including phenoxy) is 1. The number of likely N-dealkylation sites (tertiary alicyclic amines) is 1. The molecule has 0 radical (unpaired) electrons. The van der Waals surface area contributed by atoms with Crippen molar-refractivity contribution in [3.8, 4) is 0 Å². The van der Waals surface area contributed by atoms with Gasteiger partial charge in [-0.3, -0.25) is 9.59 Å². The van der Waals surface area contributed by atoms with Crippen molar-refractivity contribution in [2.24, 2.45) is 11.8 Å². The van der Waals surface area contributed by atoms with E-state index in [-0.39, 0.29) is 5.91 Å². The summed E-state index contributed by atoms with van der Waals surface area (Å²) < 4.78 is 5.90. The lowest BCUT2D eigenvalue weighted by Gasteiger charge is -2.32. The van der Waals surface area contributed by atoms with Gasteiger partial charge in [-0.2, -0.15) is 0 Å². The van der Waals surface area contributed by atoms with Crippen LogP contribution in [0, 0.1) is 11.8 Å². The number of hydrogen-bond donors (Lipinski definition) is 1. The van der Waals surface area contributed by atoms with Crippen molar-refractivity contribution in [2.45, 2.75) is 18.1 Å². The quantitative estimate of drug-likeness (QED) is 0.683. The largest absolute Gasteiger partial charge is 0.481 e. The number of amides is 1. The van der Waals surface area contributed by atoms with E-state index in [9.17, 15) is 14.7 Å². The van der Waals surface area contributed by atoms with Gasteiger partial charge in [0.15, 0.2) is 0 Å². The molecule has 4 atom stereocenters. The monoisotopic (exact) mass is 335 g/mol. The molecular weight excluding hydrogens is 310 g/mol. The molecule has 4 heterocycles. The molecule has 4 rings (SSSR count). The highest BCUT2D eigenvalue weighted by atomic mass is 16.5. The molecule has 7 heteroatoms. The zero-order valence-corrected chi connectivity index (χ0v) is 14.1. The smallest absolute Gasteiger partial charge is 0.310 e. The van der Waals surface area contributed by atoms with Gasteiger partial charge in [0, 0.05) is 32.7 Å². The van der Waals surface area contributed by atoms with Gasteiger partial charge in [-0.15, -0.1) is 0 Å². The topological polar surface area (TPSA) is 73.3 Å². The molecule has 0 aromatic heterocycles. The van der Waals surface area contributed by atoms with Gasteiger partial charge in [-0.25, -0.2) is 0 Å². The first-order chi connectivity index (χ1) is 11.5. The van der Waals surface area contributed by atoms with Crippen LogP contribution >= 0.6 is 0 Å². The summed E-state index contributed by atoms with van der Waals surface area (Å²) in [7, 11) is 2.14. The first kappa shape index (κ1) is 16.1. The minimum atomic E-state index is -0.927. The second kappa shape index (κ2) is 5.82. The lowest BCUT2D eigenvalue weighted by Crippen LogP contribution is -2.45. The fourth-order valence-corrected chi connectivity index (χ4v) is 4.61. The molecule has 132 valence electrons. The summed E-state index contributed by atoms with van der Waals surface area (Å²) >= 11 is 0. The van der Waals surface area contributed by atoms with E-state index in [4.69, 9.17) is 4.74 Å². The molecule has 0 aliphatic carbocycles. The van der Waals surface area contributed by atoms with Gasteiger partial charge >= 0.3 is 5.97 Å². The SMILES string of the molecule is CN1CCN(CCCN2CC34C=CC(O3)C(C(=O)O)C4C2=O)CC1.